The van der Waals surface area contributed by atoms with Crippen molar-refractivity contribution < 1.29 is 9.59 Å². The molecule has 2 fully saturated rings. The molecule has 16 heavy (non-hydrogen) atoms. The van der Waals surface area contributed by atoms with Crippen LogP contribution >= 0.6 is 0 Å². The largest absolute Gasteiger partial charge is 0.315 e. The van der Waals surface area contributed by atoms with E-state index in [2.05, 4.69) is 5.32 Å². The van der Waals surface area contributed by atoms with Crippen LogP contribution in [-0.4, -0.2) is 36.3 Å². The van der Waals surface area contributed by atoms with Crippen LogP contribution in [-0.2, 0) is 9.59 Å². The molecule has 0 aromatic carbocycles. The first kappa shape index (κ1) is 11.6. The Morgan fingerprint density at radius 3 is 2.31 bits per heavy atom. The van der Waals surface area contributed by atoms with Crippen LogP contribution in [0.3, 0.4) is 0 Å². The van der Waals surface area contributed by atoms with Gasteiger partial charge in [-0.05, 0) is 31.7 Å². The number of piperidine rings is 1. The van der Waals surface area contributed by atoms with Crippen molar-refractivity contribution in [1.29, 1.82) is 0 Å². The maximum Gasteiger partial charge on any atom is 0.229 e. The minimum atomic E-state index is 0.00431. The van der Waals surface area contributed by atoms with Crippen LogP contribution in [0.4, 0.5) is 0 Å². The molecular formula is C12H20N2O2. The Morgan fingerprint density at radius 2 is 1.88 bits per heavy atom. The molecule has 0 aromatic heterocycles. The fraction of sp³-hybridized carbons (Fsp3) is 0.833. The smallest absolute Gasteiger partial charge is 0.229 e. The number of hydrogen-bond donors (Lipinski definition) is 1. The number of likely N-dealkylation sites (tertiary alicyclic amines) is 1. The maximum atomic E-state index is 11.8. The lowest BCUT2D eigenvalue weighted by molar-refractivity contribution is -0.150. The zero-order valence-corrected chi connectivity index (χ0v) is 10.0. The molecule has 0 bridgehead atoms. The third kappa shape index (κ3) is 2.43. The summed E-state index contributed by atoms with van der Waals surface area (Å²) in [6.07, 6.45) is 3.48. The van der Waals surface area contributed by atoms with E-state index in [-0.39, 0.29) is 17.7 Å². The topological polar surface area (TPSA) is 49.4 Å². The molecule has 0 radical (unpaired) electrons. The molecule has 2 rings (SSSR count). The lowest BCUT2D eigenvalue weighted by Crippen LogP contribution is -2.49. The molecule has 1 aliphatic carbocycles. The van der Waals surface area contributed by atoms with Gasteiger partial charge >= 0.3 is 0 Å². The Hall–Kier alpha value is -0.900. The van der Waals surface area contributed by atoms with E-state index < -0.39 is 0 Å². The molecule has 90 valence electrons. The Balaban J connectivity index is 1.96. The van der Waals surface area contributed by atoms with Crippen LogP contribution < -0.4 is 5.32 Å². The molecule has 1 unspecified atom stereocenters. The molecule has 0 aromatic rings. The van der Waals surface area contributed by atoms with Crippen LogP contribution in [0.25, 0.3) is 0 Å². The summed E-state index contributed by atoms with van der Waals surface area (Å²) in [5, 5.41) is 3.22. The van der Waals surface area contributed by atoms with Gasteiger partial charge in [-0.3, -0.25) is 14.5 Å². The fourth-order valence-corrected chi connectivity index (χ4v) is 2.40. The van der Waals surface area contributed by atoms with E-state index in [9.17, 15) is 9.59 Å². The van der Waals surface area contributed by atoms with Gasteiger partial charge in [-0.1, -0.05) is 6.92 Å². The van der Waals surface area contributed by atoms with Crippen LogP contribution in [0.5, 0.6) is 0 Å². The number of hydrogen-bond acceptors (Lipinski definition) is 3. The Kier molecular flexibility index (Phi) is 3.28. The molecule has 2 aliphatic rings. The van der Waals surface area contributed by atoms with Crippen molar-refractivity contribution in [2.24, 2.45) is 11.8 Å². The highest BCUT2D eigenvalue weighted by Gasteiger charge is 2.36. The third-order valence-corrected chi connectivity index (χ3v) is 3.59. The minimum Gasteiger partial charge on any atom is -0.315 e. The summed E-state index contributed by atoms with van der Waals surface area (Å²) < 4.78 is 0. The van der Waals surface area contributed by atoms with Crippen LogP contribution in [0.1, 0.15) is 32.6 Å². The standard InChI is InChI=1S/C12H20N2O2/c1-8-5-11(15)14(12(16)6-8)7-10(13-2)9-3-4-9/h8-10,13H,3-7H2,1-2H3. The van der Waals surface area contributed by atoms with Gasteiger partial charge in [-0.25, -0.2) is 0 Å². The molecule has 1 saturated carbocycles. The lowest BCUT2D eigenvalue weighted by Gasteiger charge is -2.31. The average molecular weight is 224 g/mol. The predicted molar refractivity (Wildman–Crippen MR) is 60.7 cm³/mol. The monoisotopic (exact) mass is 224 g/mol. The first-order chi connectivity index (χ1) is 7.61. The van der Waals surface area contributed by atoms with E-state index in [0.717, 1.165) is 0 Å². The first-order valence-corrected chi connectivity index (χ1v) is 6.12. The number of carbonyl (C=O) groups excluding carboxylic acids is 2. The number of carbonyl (C=O) groups is 2. The highest BCUT2D eigenvalue weighted by molar-refractivity contribution is 5.97. The van der Waals surface area contributed by atoms with E-state index in [1.807, 2.05) is 14.0 Å². The zero-order valence-electron chi connectivity index (χ0n) is 10.0. The van der Waals surface area contributed by atoms with Crippen molar-refractivity contribution in [1.82, 2.24) is 10.2 Å². The van der Waals surface area contributed by atoms with Gasteiger partial charge in [0.25, 0.3) is 0 Å². The zero-order chi connectivity index (χ0) is 11.7. The van der Waals surface area contributed by atoms with Crippen molar-refractivity contribution in [2.45, 2.75) is 38.6 Å². The van der Waals surface area contributed by atoms with Gasteiger partial charge in [-0.2, -0.15) is 0 Å². The Morgan fingerprint density at radius 1 is 1.31 bits per heavy atom. The number of amides is 2. The summed E-state index contributed by atoms with van der Waals surface area (Å²) in [4.78, 5) is 25.0. The average Bonchev–Trinajstić information content (AvgIpc) is 3.00. The van der Waals surface area contributed by atoms with Gasteiger partial charge < -0.3 is 5.32 Å². The SMILES string of the molecule is CNC(CN1C(=O)CC(C)CC1=O)C1CC1. The molecular weight excluding hydrogens is 204 g/mol. The second kappa shape index (κ2) is 4.53. The van der Waals surface area contributed by atoms with Crippen LogP contribution in [0, 0.1) is 11.8 Å². The van der Waals surface area contributed by atoms with E-state index in [1.165, 1.54) is 17.7 Å². The molecule has 1 saturated heterocycles. The molecule has 0 spiro atoms. The van der Waals surface area contributed by atoms with Gasteiger partial charge in [0.05, 0.1) is 0 Å². The summed E-state index contributed by atoms with van der Waals surface area (Å²) in [5.74, 6) is 0.879. The first-order valence-electron chi connectivity index (χ1n) is 6.12. The molecule has 4 heteroatoms. The highest BCUT2D eigenvalue weighted by atomic mass is 16.2. The molecule has 1 heterocycles. The highest BCUT2D eigenvalue weighted by Crippen LogP contribution is 2.33. The van der Waals surface area contributed by atoms with Gasteiger partial charge in [0.2, 0.25) is 11.8 Å². The second-order valence-electron chi connectivity index (χ2n) is 5.14. The summed E-state index contributed by atoms with van der Waals surface area (Å²) >= 11 is 0. The van der Waals surface area contributed by atoms with Gasteiger partial charge in [-0.15, -0.1) is 0 Å². The predicted octanol–water partition coefficient (Wildman–Crippen LogP) is 0.769. The van der Waals surface area contributed by atoms with Crippen LogP contribution in [0.2, 0.25) is 0 Å². The van der Waals surface area contributed by atoms with Crippen LogP contribution in [0.15, 0.2) is 0 Å². The van der Waals surface area contributed by atoms with Crippen molar-refractivity contribution in [3.05, 3.63) is 0 Å². The number of rotatable bonds is 4. The number of imide groups is 1. The Labute approximate surface area is 96.4 Å². The molecule has 1 aliphatic heterocycles. The number of likely N-dealkylation sites (N-methyl/N-ethyl adjacent to an activating group) is 1. The lowest BCUT2D eigenvalue weighted by atomic mass is 9.97. The van der Waals surface area contributed by atoms with Gasteiger partial charge in [0.15, 0.2) is 0 Å². The third-order valence-electron chi connectivity index (χ3n) is 3.59. The summed E-state index contributed by atoms with van der Waals surface area (Å²) in [7, 11) is 1.91. The van der Waals surface area contributed by atoms with E-state index >= 15 is 0 Å². The van der Waals surface area contributed by atoms with Crippen molar-refractivity contribution >= 4 is 11.8 Å². The molecule has 1 atom stereocenters. The summed E-state index contributed by atoms with van der Waals surface area (Å²) in [6, 6.07) is 0.293. The number of nitrogens with one attached hydrogen (secondary N) is 1. The summed E-state index contributed by atoms with van der Waals surface area (Å²) in [6.45, 7) is 2.52. The maximum absolute atomic E-state index is 11.8. The second-order valence-corrected chi connectivity index (χ2v) is 5.14. The normalized spacial score (nSPS) is 25.0. The van der Waals surface area contributed by atoms with Crippen molar-refractivity contribution in [2.75, 3.05) is 13.6 Å². The van der Waals surface area contributed by atoms with E-state index in [4.69, 9.17) is 0 Å². The molecule has 2 amide bonds. The van der Waals surface area contributed by atoms with Gasteiger partial charge in [0.1, 0.15) is 0 Å². The van der Waals surface area contributed by atoms with E-state index in [0.29, 0.717) is 31.3 Å². The summed E-state index contributed by atoms with van der Waals surface area (Å²) in [5.41, 5.74) is 0. The quantitative estimate of drug-likeness (QED) is 0.718. The molecule has 4 nitrogen and oxygen atoms in total. The van der Waals surface area contributed by atoms with Gasteiger partial charge in [0, 0.05) is 25.4 Å². The Bertz CT molecular complexity index is 281. The molecule has 1 N–H and O–H groups in total. The minimum absolute atomic E-state index is 0.00431. The van der Waals surface area contributed by atoms with E-state index in [1.54, 1.807) is 0 Å². The number of nitrogens with zero attached hydrogens (tertiary/aromatic N) is 1. The van der Waals surface area contributed by atoms with Crippen molar-refractivity contribution in [3.8, 4) is 0 Å². The van der Waals surface area contributed by atoms with Crippen molar-refractivity contribution in [3.63, 3.8) is 0 Å². The fourth-order valence-electron chi connectivity index (χ4n) is 2.40.